The third-order valence-corrected chi connectivity index (χ3v) is 4.87. The molecule has 4 nitrogen and oxygen atoms in total. The number of nitrogens with one attached hydrogen (secondary N) is 1. The Morgan fingerprint density at radius 3 is 2.82 bits per heavy atom. The fourth-order valence-electron chi connectivity index (χ4n) is 1.95. The van der Waals surface area contributed by atoms with Crippen molar-refractivity contribution in [2.45, 2.75) is 6.54 Å². The number of carbonyl (C=O) groups is 1. The van der Waals surface area contributed by atoms with E-state index in [1.807, 2.05) is 17.3 Å². The van der Waals surface area contributed by atoms with Crippen LogP contribution in [0.5, 0.6) is 5.75 Å². The minimum absolute atomic E-state index is 0.0839. The maximum Gasteiger partial charge on any atom is 0.238 e. The highest BCUT2D eigenvalue weighted by molar-refractivity contribution is 9.10. The van der Waals surface area contributed by atoms with Gasteiger partial charge in [-0.1, -0.05) is 11.6 Å². The average Bonchev–Trinajstić information content (AvgIpc) is 2.83. The molecule has 22 heavy (non-hydrogen) atoms. The van der Waals surface area contributed by atoms with Crippen molar-refractivity contribution >= 4 is 50.5 Å². The molecule has 2 aromatic rings. The summed E-state index contributed by atoms with van der Waals surface area (Å²) >= 11 is 11.1. The molecule has 0 atom stereocenters. The molecular formula is C15H16BrClN2O2S. The predicted octanol–water partition coefficient (Wildman–Crippen LogP) is 4.24. The lowest BCUT2D eigenvalue weighted by atomic mass is 10.3. The molecule has 1 N–H and O–H groups in total. The van der Waals surface area contributed by atoms with Crippen LogP contribution in [-0.2, 0) is 11.3 Å². The third-order valence-electron chi connectivity index (χ3n) is 2.90. The lowest BCUT2D eigenvalue weighted by Gasteiger charge is -2.15. The van der Waals surface area contributed by atoms with Crippen LogP contribution in [0.25, 0.3) is 0 Å². The number of ether oxygens (including phenoxy) is 1. The van der Waals surface area contributed by atoms with Gasteiger partial charge in [-0.3, -0.25) is 9.69 Å². The van der Waals surface area contributed by atoms with Crippen molar-refractivity contribution in [1.29, 1.82) is 0 Å². The van der Waals surface area contributed by atoms with Gasteiger partial charge in [-0.25, -0.2) is 0 Å². The van der Waals surface area contributed by atoms with Gasteiger partial charge in [0.25, 0.3) is 0 Å². The lowest BCUT2D eigenvalue weighted by molar-refractivity contribution is -0.117. The first-order valence-electron chi connectivity index (χ1n) is 6.53. The van der Waals surface area contributed by atoms with Crippen molar-refractivity contribution in [3.8, 4) is 5.75 Å². The van der Waals surface area contributed by atoms with Crippen molar-refractivity contribution < 1.29 is 9.53 Å². The van der Waals surface area contributed by atoms with E-state index < -0.39 is 0 Å². The molecule has 0 saturated heterocycles. The number of halogens is 2. The molecule has 0 radical (unpaired) electrons. The van der Waals surface area contributed by atoms with E-state index >= 15 is 0 Å². The van der Waals surface area contributed by atoms with E-state index in [-0.39, 0.29) is 5.91 Å². The summed E-state index contributed by atoms with van der Waals surface area (Å²) in [6.07, 6.45) is 0. The highest BCUT2D eigenvalue weighted by atomic mass is 79.9. The smallest absolute Gasteiger partial charge is 0.238 e. The second-order valence-corrected chi connectivity index (χ2v) is 7.12. The standard InChI is InChI=1S/C15H16BrClN2O2S/c1-19(7-12-5-10(16)9-22-12)8-15(20)18-11-3-4-14(21-2)13(17)6-11/h3-6,9H,7-8H2,1-2H3,(H,18,20). The number of thiophene rings is 1. The summed E-state index contributed by atoms with van der Waals surface area (Å²) in [6, 6.07) is 7.22. The Labute approximate surface area is 147 Å². The zero-order valence-corrected chi connectivity index (χ0v) is 15.4. The molecule has 0 aliphatic rings. The van der Waals surface area contributed by atoms with Crippen LogP contribution in [0.3, 0.4) is 0 Å². The first-order valence-corrected chi connectivity index (χ1v) is 8.58. The summed E-state index contributed by atoms with van der Waals surface area (Å²) in [5, 5.41) is 5.33. The summed E-state index contributed by atoms with van der Waals surface area (Å²) in [4.78, 5) is 15.2. The summed E-state index contributed by atoms with van der Waals surface area (Å²) in [7, 11) is 3.46. The van der Waals surface area contributed by atoms with Crippen molar-refractivity contribution in [2.24, 2.45) is 0 Å². The van der Waals surface area contributed by atoms with Crippen molar-refractivity contribution in [3.63, 3.8) is 0 Å². The van der Waals surface area contributed by atoms with Crippen LogP contribution in [0.15, 0.2) is 34.1 Å². The van der Waals surface area contributed by atoms with Crippen LogP contribution >= 0.6 is 38.9 Å². The lowest BCUT2D eigenvalue weighted by Crippen LogP contribution is -2.29. The predicted molar refractivity (Wildman–Crippen MR) is 95.0 cm³/mol. The maximum absolute atomic E-state index is 12.1. The van der Waals surface area contributed by atoms with E-state index in [4.69, 9.17) is 16.3 Å². The number of anilines is 1. The van der Waals surface area contributed by atoms with Gasteiger partial charge < -0.3 is 10.1 Å². The van der Waals surface area contributed by atoms with Crippen molar-refractivity contribution in [2.75, 3.05) is 26.0 Å². The van der Waals surface area contributed by atoms with Crippen LogP contribution in [0.4, 0.5) is 5.69 Å². The molecule has 1 aromatic heterocycles. The number of likely N-dealkylation sites (N-methyl/N-ethyl adjacent to an activating group) is 1. The highest BCUT2D eigenvalue weighted by Crippen LogP contribution is 2.27. The largest absolute Gasteiger partial charge is 0.495 e. The van der Waals surface area contributed by atoms with Crippen LogP contribution in [0, 0.1) is 0 Å². The van der Waals surface area contributed by atoms with Gasteiger partial charge in [0.1, 0.15) is 5.75 Å². The normalized spacial score (nSPS) is 10.8. The van der Waals surface area contributed by atoms with Crippen LogP contribution < -0.4 is 10.1 Å². The van der Waals surface area contributed by atoms with Gasteiger partial charge in [-0.2, -0.15) is 0 Å². The SMILES string of the molecule is COc1ccc(NC(=O)CN(C)Cc2cc(Br)cs2)cc1Cl. The number of nitrogens with zero attached hydrogens (tertiary/aromatic N) is 1. The highest BCUT2D eigenvalue weighted by Gasteiger charge is 2.10. The zero-order chi connectivity index (χ0) is 16.1. The minimum atomic E-state index is -0.0839. The molecule has 118 valence electrons. The number of benzene rings is 1. The molecule has 2 rings (SSSR count). The van der Waals surface area contributed by atoms with Gasteiger partial charge in [-0.05, 0) is 47.2 Å². The number of hydrogen-bond donors (Lipinski definition) is 1. The van der Waals surface area contributed by atoms with E-state index in [1.54, 1.807) is 36.6 Å². The van der Waals surface area contributed by atoms with E-state index in [0.717, 1.165) is 11.0 Å². The molecule has 1 aromatic carbocycles. The van der Waals surface area contributed by atoms with Gasteiger partial charge in [-0.15, -0.1) is 11.3 Å². The molecule has 0 aliphatic heterocycles. The molecular weight excluding hydrogens is 388 g/mol. The first kappa shape index (κ1) is 17.3. The monoisotopic (exact) mass is 402 g/mol. The minimum Gasteiger partial charge on any atom is -0.495 e. The van der Waals surface area contributed by atoms with E-state index in [0.29, 0.717) is 23.0 Å². The zero-order valence-electron chi connectivity index (χ0n) is 12.2. The average molecular weight is 404 g/mol. The molecule has 7 heteroatoms. The Hall–Kier alpha value is -1.08. The number of hydrogen-bond acceptors (Lipinski definition) is 4. The third kappa shape index (κ3) is 4.98. The Morgan fingerprint density at radius 1 is 1.45 bits per heavy atom. The number of methoxy groups -OCH3 is 1. The second kappa shape index (κ2) is 7.97. The van der Waals surface area contributed by atoms with Gasteiger partial charge >= 0.3 is 0 Å². The van der Waals surface area contributed by atoms with Gasteiger partial charge in [0.05, 0.1) is 18.7 Å². The second-order valence-electron chi connectivity index (χ2n) is 4.80. The molecule has 0 saturated carbocycles. The Morgan fingerprint density at radius 2 is 2.23 bits per heavy atom. The van der Waals surface area contributed by atoms with Crippen LogP contribution in [0.1, 0.15) is 4.88 Å². The Kier molecular flexibility index (Phi) is 6.26. The fourth-order valence-corrected chi connectivity index (χ4v) is 3.74. The van der Waals surface area contributed by atoms with E-state index in [2.05, 4.69) is 27.3 Å². The van der Waals surface area contributed by atoms with Gasteiger partial charge in [0.2, 0.25) is 5.91 Å². The van der Waals surface area contributed by atoms with Crippen molar-refractivity contribution in [1.82, 2.24) is 4.90 Å². The first-order chi connectivity index (χ1) is 10.5. The number of rotatable bonds is 6. The number of amides is 1. The van der Waals surface area contributed by atoms with Gasteiger partial charge in [0.15, 0.2) is 0 Å². The van der Waals surface area contributed by atoms with Crippen molar-refractivity contribution in [3.05, 3.63) is 44.0 Å². The topological polar surface area (TPSA) is 41.6 Å². The van der Waals surface area contributed by atoms with E-state index in [1.165, 1.54) is 4.88 Å². The molecule has 0 aliphatic carbocycles. The molecule has 0 fully saturated rings. The summed E-state index contributed by atoms with van der Waals surface area (Å²) < 4.78 is 6.15. The molecule has 0 bridgehead atoms. The maximum atomic E-state index is 12.1. The molecule has 1 amide bonds. The molecule has 0 unspecified atom stereocenters. The summed E-state index contributed by atoms with van der Waals surface area (Å²) in [5.41, 5.74) is 0.656. The van der Waals surface area contributed by atoms with Crippen LogP contribution in [-0.4, -0.2) is 31.5 Å². The number of carbonyl (C=O) groups excluding carboxylic acids is 1. The Balaban J connectivity index is 1.88. The molecule has 1 heterocycles. The summed E-state index contributed by atoms with van der Waals surface area (Å²) in [5.74, 6) is 0.499. The fraction of sp³-hybridized carbons (Fsp3) is 0.267. The summed E-state index contributed by atoms with van der Waals surface area (Å²) in [6.45, 7) is 1.03. The van der Waals surface area contributed by atoms with Crippen LogP contribution in [0.2, 0.25) is 5.02 Å². The van der Waals surface area contributed by atoms with Gasteiger partial charge in [0, 0.05) is 27.0 Å². The quantitative estimate of drug-likeness (QED) is 0.784. The Bertz CT molecular complexity index is 663. The molecule has 0 spiro atoms. The van der Waals surface area contributed by atoms with E-state index in [9.17, 15) is 4.79 Å².